The molecule has 0 heterocycles. The molecule has 0 N–H and O–H groups in total. The minimum atomic E-state index is -0.818. The van der Waals surface area contributed by atoms with E-state index < -0.39 is 6.10 Å². The van der Waals surface area contributed by atoms with Gasteiger partial charge in [0.15, 0.2) is 6.10 Å². The second-order valence-electron chi connectivity index (χ2n) is 19.1. The lowest BCUT2D eigenvalue weighted by Gasteiger charge is -2.18. The van der Waals surface area contributed by atoms with Crippen molar-refractivity contribution < 1.29 is 28.6 Å². The van der Waals surface area contributed by atoms with E-state index in [1.165, 1.54) is 38.5 Å². The number of hydrogen-bond donors (Lipinski definition) is 0. The number of rotatable bonds is 52. The first kappa shape index (κ1) is 70.0. The largest absolute Gasteiger partial charge is 0.462 e. The molecule has 0 saturated carbocycles. The van der Waals surface area contributed by atoms with E-state index in [9.17, 15) is 14.4 Å². The summed E-state index contributed by atoms with van der Waals surface area (Å²) in [5.74, 6) is -0.984. The molecule has 0 aliphatic heterocycles. The van der Waals surface area contributed by atoms with E-state index in [1.54, 1.807) is 0 Å². The van der Waals surface area contributed by atoms with Gasteiger partial charge >= 0.3 is 17.9 Å². The maximum atomic E-state index is 12.9. The summed E-state index contributed by atoms with van der Waals surface area (Å²) in [4.78, 5) is 38.3. The Kier molecular flexibility index (Phi) is 57.5. The van der Waals surface area contributed by atoms with E-state index in [0.29, 0.717) is 25.7 Å². The Morgan fingerprint density at radius 3 is 0.773 bits per heavy atom. The third-order valence-electron chi connectivity index (χ3n) is 12.0. The van der Waals surface area contributed by atoms with Crippen molar-refractivity contribution in [3.8, 4) is 0 Å². The highest BCUT2D eigenvalue weighted by atomic mass is 16.6. The number of hydrogen-bond acceptors (Lipinski definition) is 6. The normalized spacial score (nSPS) is 13.3. The smallest absolute Gasteiger partial charge is 0.306 e. The Labute approximate surface area is 460 Å². The summed E-state index contributed by atoms with van der Waals surface area (Å²) in [6, 6.07) is 0. The van der Waals surface area contributed by atoms with Crippen molar-refractivity contribution >= 4 is 17.9 Å². The zero-order valence-electron chi connectivity index (χ0n) is 48.0. The summed E-state index contributed by atoms with van der Waals surface area (Å²) >= 11 is 0. The van der Waals surface area contributed by atoms with Crippen LogP contribution in [0.2, 0.25) is 0 Å². The van der Waals surface area contributed by atoms with Crippen LogP contribution in [0, 0.1) is 0 Å². The third kappa shape index (κ3) is 59.8. The van der Waals surface area contributed by atoms with E-state index in [0.717, 1.165) is 154 Å². The van der Waals surface area contributed by atoms with Gasteiger partial charge in [0, 0.05) is 19.3 Å². The molecule has 0 amide bonds. The molecular weight excluding hydrogens is 925 g/mol. The van der Waals surface area contributed by atoms with Crippen LogP contribution < -0.4 is 0 Å². The van der Waals surface area contributed by atoms with Crippen LogP contribution in [0.15, 0.2) is 158 Å². The number of unbranched alkanes of at least 4 members (excludes halogenated alkanes) is 15. The third-order valence-corrected chi connectivity index (χ3v) is 12.0. The molecule has 6 nitrogen and oxygen atoms in total. The summed E-state index contributed by atoms with van der Waals surface area (Å²) in [6.45, 7) is 6.24. The minimum Gasteiger partial charge on any atom is -0.462 e. The van der Waals surface area contributed by atoms with Crippen molar-refractivity contribution in [1.29, 1.82) is 0 Å². The lowest BCUT2D eigenvalue weighted by molar-refractivity contribution is -0.167. The quantitative estimate of drug-likeness (QED) is 0.0261. The van der Waals surface area contributed by atoms with Crippen LogP contribution >= 0.6 is 0 Å². The topological polar surface area (TPSA) is 78.9 Å². The number of allylic oxidation sites excluding steroid dienone is 26. The van der Waals surface area contributed by atoms with Gasteiger partial charge < -0.3 is 14.2 Å². The molecule has 6 heteroatoms. The fourth-order valence-corrected chi connectivity index (χ4v) is 7.63. The Morgan fingerprint density at radius 1 is 0.267 bits per heavy atom. The molecule has 1 atom stereocenters. The molecule has 0 aromatic heterocycles. The average molecular weight is 1030 g/mol. The van der Waals surface area contributed by atoms with Crippen LogP contribution in [0.4, 0.5) is 0 Å². The number of ether oxygens (including phenoxy) is 3. The maximum absolute atomic E-state index is 12.9. The van der Waals surface area contributed by atoms with Crippen LogP contribution in [0.1, 0.15) is 239 Å². The molecular formula is C69H108O6. The summed E-state index contributed by atoms with van der Waals surface area (Å²) in [7, 11) is 0. The molecule has 0 aromatic rings. The highest BCUT2D eigenvalue weighted by molar-refractivity contribution is 5.71. The summed E-state index contributed by atoms with van der Waals surface area (Å²) < 4.78 is 16.9. The first-order chi connectivity index (χ1) is 37.0. The van der Waals surface area contributed by atoms with Gasteiger partial charge in [-0.1, -0.05) is 237 Å². The van der Waals surface area contributed by atoms with Gasteiger partial charge in [0.2, 0.25) is 0 Å². The highest BCUT2D eigenvalue weighted by Gasteiger charge is 2.19. The zero-order valence-corrected chi connectivity index (χ0v) is 48.0. The Morgan fingerprint density at radius 2 is 0.480 bits per heavy atom. The summed E-state index contributed by atoms with van der Waals surface area (Å²) in [5, 5.41) is 0. The molecule has 0 aromatic carbocycles. The Bertz CT molecular complexity index is 1710. The molecule has 0 saturated heterocycles. The Balaban J connectivity index is 4.55. The molecule has 0 aliphatic carbocycles. The Hall–Kier alpha value is -4.97. The second-order valence-corrected chi connectivity index (χ2v) is 19.1. The van der Waals surface area contributed by atoms with Crippen LogP contribution in [-0.2, 0) is 28.6 Å². The lowest BCUT2D eigenvalue weighted by Crippen LogP contribution is -2.30. The van der Waals surface area contributed by atoms with Gasteiger partial charge in [-0.05, 0) is 141 Å². The standard InChI is InChI=1S/C69H108O6/c1-4-7-10-13-16-19-22-25-28-31-33-34-36-38-41-44-47-50-53-56-59-62-68(71)74-65-66(64-73-67(70)61-58-55-52-49-46-43-40-37-30-27-24-21-18-15-12-9-6-3)75-69(72)63-60-57-54-51-48-45-42-39-35-32-29-26-23-20-17-14-11-8-5-2/h7-12,16-21,25-30,33-35,38-39,41,47,50,66H,4-6,13-15,22-24,31-32,36-37,40,42-46,48-49,51-65H2,1-3H3/b10-7-,11-8-,12-9-,19-16-,20-17-,21-18-,28-25-,29-26-,30-27-,34-33-,39-35-,41-38-,50-47-. The lowest BCUT2D eigenvalue weighted by atomic mass is 10.1. The molecule has 0 bridgehead atoms. The predicted octanol–water partition coefficient (Wildman–Crippen LogP) is 20.5. The van der Waals surface area contributed by atoms with E-state index in [-0.39, 0.29) is 31.1 Å². The predicted molar refractivity (Wildman–Crippen MR) is 325 cm³/mol. The van der Waals surface area contributed by atoms with E-state index in [1.807, 2.05) is 0 Å². The molecule has 0 radical (unpaired) electrons. The minimum absolute atomic E-state index is 0.110. The van der Waals surface area contributed by atoms with Crippen molar-refractivity contribution in [2.45, 2.75) is 245 Å². The molecule has 0 fully saturated rings. The molecule has 0 rings (SSSR count). The molecule has 0 aliphatic rings. The molecule has 420 valence electrons. The van der Waals surface area contributed by atoms with Crippen LogP contribution in [0.3, 0.4) is 0 Å². The molecule has 75 heavy (non-hydrogen) atoms. The van der Waals surface area contributed by atoms with Gasteiger partial charge in [-0.3, -0.25) is 14.4 Å². The van der Waals surface area contributed by atoms with Gasteiger partial charge in [-0.15, -0.1) is 0 Å². The van der Waals surface area contributed by atoms with E-state index >= 15 is 0 Å². The van der Waals surface area contributed by atoms with Gasteiger partial charge in [0.05, 0.1) is 0 Å². The van der Waals surface area contributed by atoms with Gasteiger partial charge in [-0.2, -0.15) is 0 Å². The van der Waals surface area contributed by atoms with Crippen molar-refractivity contribution in [1.82, 2.24) is 0 Å². The number of esters is 3. The second kappa shape index (κ2) is 61.6. The molecule has 1 unspecified atom stereocenters. The van der Waals surface area contributed by atoms with E-state index in [4.69, 9.17) is 14.2 Å². The van der Waals surface area contributed by atoms with Gasteiger partial charge in [-0.25, -0.2) is 0 Å². The van der Waals surface area contributed by atoms with E-state index in [2.05, 4.69) is 179 Å². The first-order valence-electron chi connectivity index (χ1n) is 30.0. The van der Waals surface area contributed by atoms with Gasteiger partial charge in [0.1, 0.15) is 13.2 Å². The fraction of sp³-hybridized carbons (Fsp3) is 0.580. The van der Waals surface area contributed by atoms with Gasteiger partial charge in [0.25, 0.3) is 0 Å². The number of carbonyl (C=O) groups is 3. The van der Waals surface area contributed by atoms with Crippen LogP contribution in [0.5, 0.6) is 0 Å². The maximum Gasteiger partial charge on any atom is 0.306 e. The summed E-state index contributed by atoms with van der Waals surface area (Å²) in [5.41, 5.74) is 0. The highest BCUT2D eigenvalue weighted by Crippen LogP contribution is 2.14. The number of carbonyl (C=O) groups excluding carboxylic acids is 3. The van der Waals surface area contributed by atoms with Crippen molar-refractivity contribution in [3.05, 3.63) is 158 Å². The molecule has 0 spiro atoms. The summed E-state index contributed by atoms with van der Waals surface area (Å²) in [6.07, 6.45) is 89.5. The van der Waals surface area contributed by atoms with Crippen LogP contribution in [0.25, 0.3) is 0 Å². The van der Waals surface area contributed by atoms with Crippen molar-refractivity contribution in [3.63, 3.8) is 0 Å². The monoisotopic (exact) mass is 1030 g/mol. The van der Waals surface area contributed by atoms with Crippen LogP contribution in [-0.4, -0.2) is 37.2 Å². The zero-order chi connectivity index (χ0) is 54.3. The average Bonchev–Trinajstić information content (AvgIpc) is 3.41. The SMILES string of the molecule is CC/C=C\C/C=C\C/C=C\C/C=C\C/C=C\C/C=C\CCCCC(=O)OCC(COC(=O)CCCCCCCCC/C=C\C/C=C\C/C=C\CC)OC(=O)CCCCCCCC/C=C\C/C=C\C/C=C\C/C=C\CC. The van der Waals surface area contributed by atoms with Crippen molar-refractivity contribution in [2.75, 3.05) is 13.2 Å². The first-order valence-corrected chi connectivity index (χ1v) is 30.0. The van der Waals surface area contributed by atoms with Crippen molar-refractivity contribution in [2.24, 2.45) is 0 Å². The fourth-order valence-electron chi connectivity index (χ4n) is 7.63.